The summed E-state index contributed by atoms with van der Waals surface area (Å²) < 4.78 is 30.0. The SMILES string of the molecule is C=C(C)C(=O)OCc1ccc(F)c(F)c1. The maximum Gasteiger partial charge on any atom is 0.333 e. The molecule has 1 aromatic carbocycles. The fourth-order valence-corrected chi connectivity index (χ4v) is 0.901. The minimum atomic E-state index is -0.959. The minimum absolute atomic E-state index is 0.0944. The number of benzene rings is 1. The molecule has 0 N–H and O–H groups in total. The maximum atomic E-state index is 12.7. The van der Waals surface area contributed by atoms with E-state index in [0.29, 0.717) is 5.56 Å². The summed E-state index contributed by atoms with van der Waals surface area (Å²) in [5.41, 5.74) is 0.654. The Morgan fingerprint density at radius 1 is 1.40 bits per heavy atom. The molecule has 0 aromatic heterocycles. The Balaban J connectivity index is 2.62. The fourth-order valence-electron chi connectivity index (χ4n) is 0.901. The first kappa shape index (κ1) is 11.4. The molecule has 0 aliphatic carbocycles. The summed E-state index contributed by atoms with van der Waals surface area (Å²) in [4.78, 5) is 11.0. The molecule has 0 spiro atoms. The number of halogens is 2. The molecule has 0 atom stereocenters. The Bertz CT molecular complexity index is 400. The van der Waals surface area contributed by atoms with Gasteiger partial charge in [-0.25, -0.2) is 13.6 Å². The smallest absolute Gasteiger partial charge is 0.333 e. The van der Waals surface area contributed by atoms with Gasteiger partial charge >= 0.3 is 5.97 Å². The Morgan fingerprint density at radius 3 is 2.60 bits per heavy atom. The average Bonchev–Trinajstić information content (AvgIpc) is 2.19. The molecular formula is C11H10F2O2. The summed E-state index contributed by atoms with van der Waals surface area (Å²) in [5, 5.41) is 0. The quantitative estimate of drug-likeness (QED) is 0.568. The Hall–Kier alpha value is -1.71. The van der Waals surface area contributed by atoms with Gasteiger partial charge in [-0.3, -0.25) is 0 Å². The zero-order chi connectivity index (χ0) is 11.4. The first-order chi connectivity index (χ1) is 7.00. The molecule has 0 aliphatic rings. The zero-order valence-corrected chi connectivity index (χ0v) is 8.22. The monoisotopic (exact) mass is 212 g/mol. The Labute approximate surface area is 86.2 Å². The molecule has 0 saturated heterocycles. The van der Waals surface area contributed by atoms with Gasteiger partial charge in [-0.2, -0.15) is 0 Å². The highest BCUT2D eigenvalue weighted by atomic mass is 19.2. The molecule has 0 radical (unpaired) electrons. The molecule has 1 rings (SSSR count). The second-order valence-electron chi connectivity index (χ2n) is 3.10. The van der Waals surface area contributed by atoms with E-state index in [1.807, 2.05) is 0 Å². The number of esters is 1. The van der Waals surface area contributed by atoms with Crippen LogP contribution >= 0.6 is 0 Å². The first-order valence-corrected chi connectivity index (χ1v) is 4.27. The lowest BCUT2D eigenvalue weighted by atomic mass is 10.2. The third-order valence-electron chi connectivity index (χ3n) is 1.70. The van der Waals surface area contributed by atoms with Gasteiger partial charge in [0.2, 0.25) is 0 Å². The van der Waals surface area contributed by atoms with Crippen LogP contribution in [0, 0.1) is 11.6 Å². The maximum absolute atomic E-state index is 12.7. The number of carbonyl (C=O) groups is 1. The Kier molecular flexibility index (Phi) is 3.55. The standard InChI is InChI=1S/C11H10F2O2/c1-7(2)11(14)15-6-8-3-4-9(12)10(13)5-8/h3-5H,1,6H2,2H3. The van der Waals surface area contributed by atoms with Gasteiger partial charge in [0.15, 0.2) is 11.6 Å². The lowest BCUT2D eigenvalue weighted by Gasteiger charge is -2.04. The molecular weight excluding hydrogens is 202 g/mol. The number of hydrogen-bond acceptors (Lipinski definition) is 2. The van der Waals surface area contributed by atoms with E-state index >= 15 is 0 Å². The number of hydrogen-bond donors (Lipinski definition) is 0. The van der Waals surface area contributed by atoms with Crippen molar-refractivity contribution in [2.24, 2.45) is 0 Å². The highest BCUT2D eigenvalue weighted by Gasteiger charge is 2.06. The highest BCUT2D eigenvalue weighted by Crippen LogP contribution is 2.10. The molecule has 0 bridgehead atoms. The molecule has 15 heavy (non-hydrogen) atoms. The van der Waals surface area contributed by atoms with Crippen LogP contribution in [0.1, 0.15) is 12.5 Å². The largest absolute Gasteiger partial charge is 0.457 e. The van der Waals surface area contributed by atoms with Gasteiger partial charge in [0.05, 0.1) is 0 Å². The van der Waals surface area contributed by atoms with Gasteiger partial charge in [0, 0.05) is 5.57 Å². The third-order valence-corrected chi connectivity index (χ3v) is 1.70. The summed E-state index contributed by atoms with van der Waals surface area (Å²) in [6, 6.07) is 3.32. The Morgan fingerprint density at radius 2 is 2.07 bits per heavy atom. The van der Waals surface area contributed by atoms with E-state index in [-0.39, 0.29) is 12.2 Å². The molecule has 0 saturated carbocycles. The lowest BCUT2D eigenvalue weighted by Crippen LogP contribution is -2.05. The van der Waals surface area contributed by atoms with Crippen molar-refractivity contribution in [3.8, 4) is 0 Å². The van der Waals surface area contributed by atoms with Gasteiger partial charge in [-0.05, 0) is 24.6 Å². The molecule has 0 heterocycles. The average molecular weight is 212 g/mol. The molecule has 0 fully saturated rings. The first-order valence-electron chi connectivity index (χ1n) is 4.27. The van der Waals surface area contributed by atoms with Gasteiger partial charge in [-0.1, -0.05) is 12.6 Å². The number of carbonyl (C=O) groups excluding carboxylic acids is 1. The van der Waals surface area contributed by atoms with Gasteiger partial charge in [0.1, 0.15) is 6.61 Å². The van der Waals surface area contributed by atoms with Crippen molar-refractivity contribution in [3.05, 3.63) is 47.5 Å². The minimum Gasteiger partial charge on any atom is -0.457 e. The predicted molar refractivity (Wildman–Crippen MR) is 51.0 cm³/mol. The molecule has 0 aliphatic heterocycles. The second-order valence-corrected chi connectivity index (χ2v) is 3.10. The highest BCUT2D eigenvalue weighted by molar-refractivity contribution is 5.86. The molecule has 0 amide bonds. The summed E-state index contributed by atoms with van der Waals surface area (Å²) in [7, 11) is 0. The molecule has 1 aromatic rings. The van der Waals surface area contributed by atoms with Crippen LogP contribution in [0.2, 0.25) is 0 Å². The van der Waals surface area contributed by atoms with Crippen LogP contribution in [-0.4, -0.2) is 5.97 Å². The van der Waals surface area contributed by atoms with Crippen LogP contribution < -0.4 is 0 Å². The zero-order valence-electron chi connectivity index (χ0n) is 8.22. The summed E-state index contributed by atoms with van der Waals surface area (Å²) in [6.07, 6.45) is 0. The van der Waals surface area contributed by atoms with Crippen LogP contribution in [0.5, 0.6) is 0 Å². The van der Waals surface area contributed by atoms with Crippen molar-refractivity contribution in [2.75, 3.05) is 0 Å². The number of rotatable bonds is 3. The predicted octanol–water partition coefficient (Wildman–Crippen LogP) is 2.58. The van der Waals surface area contributed by atoms with Crippen molar-refractivity contribution >= 4 is 5.97 Å². The van der Waals surface area contributed by atoms with Crippen molar-refractivity contribution < 1.29 is 18.3 Å². The lowest BCUT2D eigenvalue weighted by molar-refractivity contribution is -0.140. The van der Waals surface area contributed by atoms with E-state index < -0.39 is 17.6 Å². The van der Waals surface area contributed by atoms with Crippen LogP contribution in [0.3, 0.4) is 0 Å². The summed E-state index contributed by atoms with van der Waals surface area (Å²) in [5.74, 6) is -2.44. The van der Waals surface area contributed by atoms with Crippen molar-refractivity contribution in [3.63, 3.8) is 0 Å². The van der Waals surface area contributed by atoms with Crippen LogP contribution in [0.15, 0.2) is 30.4 Å². The molecule has 0 unspecified atom stereocenters. The van der Waals surface area contributed by atoms with Gasteiger partial charge in [0.25, 0.3) is 0 Å². The van der Waals surface area contributed by atoms with E-state index in [1.54, 1.807) is 0 Å². The van der Waals surface area contributed by atoms with Crippen molar-refractivity contribution in [1.29, 1.82) is 0 Å². The summed E-state index contributed by atoms with van der Waals surface area (Å²) in [6.45, 7) is 4.80. The number of ether oxygens (including phenoxy) is 1. The van der Waals surface area contributed by atoms with Gasteiger partial charge < -0.3 is 4.74 Å². The van der Waals surface area contributed by atoms with E-state index in [0.717, 1.165) is 12.1 Å². The van der Waals surface area contributed by atoms with E-state index in [4.69, 9.17) is 4.74 Å². The third kappa shape index (κ3) is 3.16. The van der Waals surface area contributed by atoms with E-state index in [1.165, 1.54) is 13.0 Å². The van der Waals surface area contributed by atoms with Crippen LogP contribution in [-0.2, 0) is 16.1 Å². The second kappa shape index (κ2) is 4.68. The van der Waals surface area contributed by atoms with Crippen molar-refractivity contribution in [1.82, 2.24) is 0 Å². The van der Waals surface area contributed by atoms with E-state index in [2.05, 4.69) is 6.58 Å². The fraction of sp³-hybridized carbons (Fsp3) is 0.182. The molecule has 2 nitrogen and oxygen atoms in total. The summed E-state index contributed by atoms with van der Waals surface area (Å²) >= 11 is 0. The van der Waals surface area contributed by atoms with E-state index in [9.17, 15) is 13.6 Å². The topological polar surface area (TPSA) is 26.3 Å². The van der Waals surface area contributed by atoms with Crippen LogP contribution in [0.25, 0.3) is 0 Å². The van der Waals surface area contributed by atoms with Crippen LogP contribution in [0.4, 0.5) is 8.78 Å². The molecule has 4 heteroatoms. The molecule has 80 valence electrons. The van der Waals surface area contributed by atoms with Crippen molar-refractivity contribution in [2.45, 2.75) is 13.5 Å². The normalized spacial score (nSPS) is 9.80. The van der Waals surface area contributed by atoms with Gasteiger partial charge in [-0.15, -0.1) is 0 Å².